The number of carbonyl (C=O) groups is 2. The van der Waals surface area contributed by atoms with Crippen LogP contribution >= 0.6 is 46.3 Å². The van der Waals surface area contributed by atoms with Crippen LogP contribution in [0.1, 0.15) is 52.0 Å². The van der Waals surface area contributed by atoms with Crippen molar-refractivity contribution in [1.29, 1.82) is 0 Å². The van der Waals surface area contributed by atoms with Gasteiger partial charge >= 0.3 is 6.09 Å². The lowest BCUT2D eigenvalue weighted by molar-refractivity contribution is -0.119. The molecule has 2 fully saturated rings. The fourth-order valence-electron chi connectivity index (χ4n) is 5.73. The summed E-state index contributed by atoms with van der Waals surface area (Å²) in [4.78, 5) is 36.8. The molecule has 2 aliphatic rings. The van der Waals surface area contributed by atoms with E-state index in [9.17, 15) is 9.59 Å². The first-order valence-electron chi connectivity index (χ1n) is 15.3. The number of benzene rings is 2. The summed E-state index contributed by atoms with van der Waals surface area (Å²) in [6.45, 7) is 9.02. The number of thioether (sulfide) groups is 1. The number of piperidine rings is 1. The van der Waals surface area contributed by atoms with Gasteiger partial charge in [-0.1, -0.05) is 53.2 Å². The number of anilines is 1. The number of hydrogen-bond acceptors (Lipinski definition) is 8. The molecule has 0 radical (unpaired) electrons. The van der Waals surface area contributed by atoms with Crippen LogP contribution in [0.25, 0.3) is 11.3 Å². The molecule has 12 heteroatoms. The minimum atomic E-state index is -0.531. The van der Waals surface area contributed by atoms with Crippen molar-refractivity contribution in [3.63, 3.8) is 0 Å². The number of aromatic nitrogens is 1. The summed E-state index contributed by atoms with van der Waals surface area (Å²) >= 11 is 15.2. The Kier molecular flexibility index (Phi) is 11.2. The van der Waals surface area contributed by atoms with Crippen LogP contribution in [0, 0.1) is 0 Å². The first-order valence-corrected chi connectivity index (χ1v) is 17.9. The van der Waals surface area contributed by atoms with E-state index in [-0.39, 0.29) is 24.2 Å². The molecule has 0 aliphatic carbocycles. The Balaban J connectivity index is 1.09. The third-order valence-corrected chi connectivity index (χ3v) is 10.8. The fraction of sp³-hybridized carbons (Fsp3) is 0.485. The molecule has 1 atom stereocenters. The number of likely N-dealkylation sites (tertiary alicyclic amines) is 2. The normalized spacial score (nSPS) is 17.8. The molecule has 242 valence electrons. The van der Waals surface area contributed by atoms with Crippen molar-refractivity contribution in [3.05, 3.63) is 63.5 Å². The van der Waals surface area contributed by atoms with Gasteiger partial charge < -0.3 is 15.0 Å². The number of ether oxygens (including phenoxy) is 1. The second-order valence-corrected chi connectivity index (χ2v) is 15.5. The van der Waals surface area contributed by atoms with Gasteiger partial charge in [0, 0.05) is 55.9 Å². The van der Waals surface area contributed by atoms with Crippen LogP contribution in [-0.2, 0) is 16.1 Å². The molecular formula is C33H41Cl2N5O3S2. The van der Waals surface area contributed by atoms with Gasteiger partial charge in [0.05, 0.1) is 21.5 Å². The van der Waals surface area contributed by atoms with E-state index < -0.39 is 5.60 Å². The predicted octanol–water partition coefficient (Wildman–Crippen LogP) is 7.78. The number of halogens is 2. The third kappa shape index (κ3) is 9.29. The van der Waals surface area contributed by atoms with Crippen LogP contribution < -0.4 is 10.2 Å². The van der Waals surface area contributed by atoms with Crippen molar-refractivity contribution in [1.82, 2.24) is 20.1 Å². The number of nitrogens with one attached hydrogen (secondary N) is 1. The highest BCUT2D eigenvalue weighted by atomic mass is 35.5. The van der Waals surface area contributed by atoms with Gasteiger partial charge in [-0.2, -0.15) is 0 Å². The summed E-state index contributed by atoms with van der Waals surface area (Å²) in [5.74, 6) is 0.371. The van der Waals surface area contributed by atoms with Crippen molar-refractivity contribution in [3.8, 4) is 11.3 Å². The minimum Gasteiger partial charge on any atom is -0.444 e. The maximum Gasteiger partial charge on any atom is 0.411 e. The number of carbonyl (C=O) groups excluding carboxylic acids is 2. The molecule has 45 heavy (non-hydrogen) atoms. The van der Waals surface area contributed by atoms with Crippen LogP contribution in [0.15, 0.2) is 52.2 Å². The van der Waals surface area contributed by atoms with Crippen LogP contribution in [0.4, 0.5) is 10.5 Å². The second-order valence-electron chi connectivity index (χ2n) is 12.6. The third-order valence-electron chi connectivity index (χ3n) is 8.00. The Morgan fingerprint density at radius 3 is 2.60 bits per heavy atom. The van der Waals surface area contributed by atoms with Gasteiger partial charge in [0.2, 0.25) is 5.91 Å². The Morgan fingerprint density at radius 2 is 1.87 bits per heavy atom. The number of nitrogens with zero attached hydrogens (tertiary/aromatic N) is 4. The molecule has 2 amide bonds. The van der Waals surface area contributed by atoms with E-state index in [4.69, 9.17) is 32.9 Å². The topological polar surface area (TPSA) is 78.0 Å². The van der Waals surface area contributed by atoms with Gasteiger partial charge in [0.1, 0.15) is 11.8 Å². The molecule has 0 saturated carbocycles. The molecule has 1 N–H and O–H groups in total. The average Bonchev–Trinajstić information content (AvgIpc) is 3.69. The SMILES string of the molecule is CN(c1cccc(-c2csc(SCC(=O)NC3CCN(Cc4ccc(Cl)c(Cl)c4)CC3)n2)c1)[C@@H]1CCCN1C(=O)OC(C)(C)C. The molecule has 3 aromatic rings. The Labute approximate surface area is 284 Å². The first-order chi connectivity index (χ1) is 21.4. The first kappa shape index (κ1) is 33.9. The van der Waals surface area contributed by atoms with Gasteiger partial charge in [0.15, 0.2) is 4.34 Å². The predicted molar refractivity (Wildman–Crippen MR) is 186 cm³/mol. The molecule has 2 aromatic carbocycles. The highest BCUT2D eigenvalue weighted by Crippen LogP contribution is 2.32. The van der Waals surface area contributed by atoms with E-state index in [1.165, 1.54) is 11.8 Å². The van der Waals surface area contributed by atoms with Crippen LogP contribution in [-0.4, -0.2) is 77.0 Å². The molecule has 1 aromatic heterocycles. The highest BCUT2D eigenvalue weighted by Gasteiger charge is 2.35. The quantitative estimate of drug-likeness (QED) is 0.230. The monoisotopic (exact) mass is 689 g/mol. The summed E-state index contributed by atoms with van der Waals surface area (Å²) in [6.07, 6.45) is 3.32. The average molecular weight is 691 g/mol. The van der Waals surface area contributed by atoms with Crippen molar-refractivity contribution < 1.29 is 14.3 Å². The molecule has 0 bridgehead atoms. The number of hydrogen-bond donors (Lipinski definition) is 1. The van der Waals surface area contributed by atoms with Crippen molar-refractivity contribution >= 4 is 64.0 Å². The van der Waals surface area contributed by atoms with Crippen molar-refractivity contribution in [2.24, 2.45) is 0 Å². The summed E-state index contributed by atoms with van der Waals surface area (Å²) < 4.78 is 6.52. The van der Waals surface area contributed by atoms with E-state index >= 15 is 0 Å². The molecule has 2 aliphatic heterocycles. The largest absolute Gasteiger partial charge is 0.444 e. The van der Waals surface area contributed by atoms with E-state index in [1.54, 1.807) is 11.3 Å². The van der Waals surface area contributed by atoms with E-state index in [0.717, 1.165) is 72.2 Å². The van der Waals surface area contributed by atoms with Crippen LogP contribution in [0.3, 0.4) is 0 Å². The van der Waals surface area contributed by atoms with Crippen LogP contribution in [0.5, 0.6) is 0 Å². The van der Waals surface area contributed by atoms with E-state index in [1.807, 2.05) is 68.4 Å². The molecule has 0 spiro atoms. The van der Waals surface area contributed by atoms with E-state index in [2.05, 4.69) is 27.2 Å². The van der Waals surface area contributed by atoms with Gasteiger partial charge in [-0.15, -0.1) is 11.3 Å². The lowest BCUT2D eigenvalue weighted by Gasteiger charge is -2.35. The van der Waals surface area contributed by atoms with Gasteiger partial charge in [0.25, 0.3) is 0 Å². The minimum absolute atomic E-state index is 0.0365. The molecule has 5 rings (SSSR count). The second kappa shape index (κ2) is 14.9. The number of rotatable bonds is 9. The Morgan fingerprint density at radius 1 is 1.09 bits per heavy atom. The smallest absolute Gasteiger partial charge is 0.411 e. The Hall–Kier alpha value is -2.50. The van der Waals surface area contributed by atoms with Gasteiger partial charge in [-0.05, 0) is 76.3 Å². The fourth-order valence-corrected chi connectivity index (χ4v) is 7.69. The zero-order valence-corrected chi connectivity index (χ0v) is 29.4. The van der Waals surface area contributed by atoms with Gasteiger partial charge in [-0.3, -0.25) is 14.6 Å². The maximum absolute atomic E-state index is 12.8. The Bertz CT molecular complexity index is 1490. The molecule has 0 unspecified atom stereocenters. The van der Waals surface area contributed by atoms with Crippen molar-refractivity contribution in [2.75, 3.05) is 37.3 Å². The molecule has 3 heterocycles. The maximum atomic E-state index is 12.8. The standard InChI is InChI=1S/C33H41Cl2N5O3S2/c1-33(2,3)43-32(42)40-14-6-9-30(40)38(4)25-8-5-7-23(18-25)28-20-44-31(37-28)45-21-29(41)36-24-12-15-39(16-13-24)19-22-10-11-26(34)27(35)17-22/h5,7-8,10-11,17-18,20,24,30H,6,9,12-16,19,21H2,1-4H3,(H,36,41)/t30-/m0/s1. The van der Waals surface area contributed by atoms with Gasteiger partial charge in [-0.25, -0.2) is 9.78 Å². The zero-order valence-electron chi connectivity index (χ0n) is 26.2. The van der Waals surface area contributed by atoms with E-state index in [0.29, 0.717) is 22.3 Å². The lowest BCUT2D eigenvalue weighted by Crippen LogP contribution is -2.47. The number of thiazole rings is 1. The zero-order chi connectivity index (χ0) is 32.1. The summed E-state index contributed by atoms with van der Waals surface area (Å²) in [7, 11) is 2.02. The van der Waals surface area contributed by atoms with Crippen LogP contribution in [0.2, 0.25) is 10.0 Å². The highest BCUT2D eigenvalue weighted by molar-refractivity contribution is 8.01. The lowest BCUT2D eigenvalue weighted by atomic mass is 10.0. The summed E-state index contributed by atoms with van der Waals surface area (Å²) in [6, 6.07) is 14.2. The summed E-state index contributed by atoms with van der Waals surface area (Å²) in [5.41, 5.74) is 3.50. The molecule has 8 nitrogen and oxygen atoms in total. The summed E-state index contributed by atoms with van der Waals surface area (Å²) in [5, 5.41) is 6.39. The number of amides is 2. The molecule has 2 saturated heterocycles. The van der Waals surface area contributed by atoms with Crippen molar-refractivity contribution in [2.45, 2.75) is 75.1 Å². The molecular weight excluding hydrogens is 649 g/mol.